The van der Waals surface area contributed by atoms with E-state index in [4.69, 9.17) is 5.11 Å². The Kier molecular flexibility index (Phi) is 5.71. The highest BCUT2D eigenvalue weighted by Crippen LogP contribution is 2.19. The normalized spacial score (nSPS) is 12.1. The van der Waals surface area contributed by atoms with Gasteiger partial charge in [0.05, 0.1) is 11.3 Å². The number of carboxylic acid groups (broad SMARTS) is 1. The summed E-state index contributed by atoms with van der Waals surface area (Å²) in [7, 11) is -3.65. The van der Waals surface area contributed by atoms with E-state index in [2.05, 4.69) is 0 Å². The smallest absolute Gasteiger partial charge is 0.304 e. The second-order valence-electron chi connectivity index (χ2n) is 4.85. The highest BCUT2D eigenvalue weighted by molar-refractivity contribution is 7.89. The third-order valence-electron chi connectivity index (χ3n) is 3.06. The highest BCUT2D eigenvalue weighted by atomic mass is 32.2. The first-order chi connectivity index (χ1) is 9.28. The van der Waals surface area contributed by atoms with Gasteiger partial charge in [0, 0.05) is 12.6 Å². The Hall–Kier alpha value is -1.40. The Balaban J connectivity index is 3.05. The van der Waals surface area contributed by atoms with Gasteiger partial charge >= 0.3 is 5.97 Å². The monoisotopic (exact) mass is 299 g/mol. The zero-order valence-electron chi connectivity index (χ0n) is 12.0. The molecule has 0 radical (unpaired) electrons. The lowest BCUT2D eigenvalue weighted by Gasteiger charge is -2.25. The van der Waals surface area contributed by atoms with E-state index in [1.54, 1.807) is 38.1 Å². The minimum Gasteiger partial charge on any atom is -0.481 e. The summed E-state index contributed by atoms with van der Waals surface area (Å²) in [6.07, 6.45) is 0.637. The maximum absolute atomic E-state index is 12.5. The van der Waals surface area contributed by atoms with Crippen LogP contribution in [0.25, 0.3) is 0 Å². The SMILES string of the molecule is CCc1ccc(S(=O)(=O)N(CCC(=O)O)C(C)C)cc1. The van der Waals surface area contributed by atoms with Crippen LogP contribution in [0.15, 0.2) is 29.2 Å². The standard InChI is InChI=1S/C14H21NO4S/c1-4-12-5-7-13(8-6-12)20(18,19)15(11(2)3)10-9-14(16)17/h5-8,11H,4,9-10H2,1-3H3,(H,16,17). The molecule has 0 atom stereocenters. The zero-order valence-corrected chi connectivity index (χ0v) is 12.9. The summed E-state index contributed by atoms with van der Waals surface area (Å²) in [4.78, 5) is 10.9. The highest BCUT2D eigenvalue weighted by Gasteiger charge is 2.27. The molecule has 0 heterocycles. The molecule has 0 amide bonds. The Bertz CT molecular complexity index is 549. The zero-order chi connectivity index (χ0) is 15.3. The van der Waals surface area contributed by atoms with E-state index in [0.717, 1.165) is 12.0 Å². The van der Waals surface area contributed by atoms with Crippen molar-refractivity contribution in [3.63, 3.8) is 0 Å². The van der Waals surface area contributed by atoms with Crippen molar-refractivity contribution in [2.45, 2.75) is 44.6 Å². The van der Waals surface area contributed by atoms with E-state index in [-0.39, 0.29) is 23.9 Å². The maximum Gasteiger partial charge on any atom is 0.304 e. The van der Waals surface area contributed by atoms with Gasteiger partial charge in [-0.3, -0.25) is 4.79 Å². The van der Waals surface area contributed by atoms with E-state index in [9.17, 15) is 13.2 Å². The van der Waals surface area contributed by atoms with E-state index < -0.39 is 16.0 Å². The fraction of sp³-hybridized carbons (Fsp3) is 0.500. The van der Waals surface area contributed by atoms with Crippen LogP contribution in [0.4, 0.5) is 0 Å². The fourth-order valence-corrected chi connectivity index (χ4v) is 3.53. The number of carboxylic acids is 1. The predicted octanol–water partition coefficient (Wildman–Crippen LogP) is 2.12. The van der Waals surface area contributed by atoms with Gasteiger partial charge in [-0.2, -0.15) is 4.31 Å². The molecule has 0 unspecified atom stereocenters. The van der Waals surface area contributed by atoms with E-state index >= 15 is 0 Å². The summed E-state index contributed by atoms with van der Waals surface area (Å²) in [5.74, 6) is -1.01. The van der Waals surface area contributed by atoms with Gasteiger partial charge in [-0.25, -0.2) is 8.42 Å². The summed E-state index contributed by atoms with van der Waals surface area (Å²) in [5, 5.41) is 8.73. The molecule has 112 valence electrons. The second kappa shape index (κ2) is 6.85. The third kappa shape index (κ3) is 4.05. The quantitative estimate of drug-likeness (QED) is 0.837. The molecule has 1 aromatic carbocycles. The summed E-state index contributed by atoms with van der Waals surface area (Å²) >= 11 is 0. The third-order valence-corrected chi connectivity index (χ3v) is 5.15. The largest absolute Gasteiger partial charge is 0.481 e. The van der Waals surface area contributed by atoms with E-state index in [1.165, 1.54) is 4.31 Å². The summed E-state index contributed by atoms with van der Waals surface area (Å²) < 4.78 is 26.3. The van der Waals surface area contributed by atoms with Crippen LogP contribution in [0, 0.1) is 0 Å². The van der Waals surface area contributed by atoms with Crippen molar-refractivity contribution in [2.24, 2.45) is 0 Å². The molecular weight excluding hydrogens is 278 g/mol. The molecule has 0 bridgehead atoms. The molecule has 20 heavy (non-hydrogen) atoms. The molecule has 5 nitrogen and oxygen atoms in total. The number of carbonyl (C=O) groups is 1. The molecule has 0 aliphatic carbocycles. The lowest BCUT2D eigenvalue weighted by molar-refractivity contribution is -0.137. The Labute approximate surface area is 120 Å². The molecule has 0 aliphatic heterocycles. The lowest BCUT2D eigenvalue weighted by Crippen LogP contribution is -2.38. The van der Waals surface area contributed by atoms with Gasteiger partial charge < -0.3 is 5.11 Å². The van der Waals surface area contributed by atoms with Crippen LogP contribution >= 0.6 is 0 Å². The topological polar surface area (TPSA) is 74.7 Å². The van der Waals surface area contributed by atoms with Crippen LogP contribution in [0.2, 0.25) is 0 Å². The van der Waals surface area contributed by atoms with Crippen LogP contribution < -0.4 is 0 Å². The number of benzene rings is 1. The number of hydrogen-bond donors (Lipinski definition) is 1. The first-order valence-electron chi connectivity index (χ1n) is 6.61. The molecule has 0 fully saturated rings. The van der Waals surface area contributed by atoms with Gasteiger partial charge in [-0.1, -0.05) is 19.1 Å². The number of hydrogen-bond acceptors (Lipinski definition) is 3. The average molecular weight is 299 g/mol. The van der Waals surface area contributed by atoms with Gasteiger partial charge in [0.25, 0.3) is 0 Å². The van der Waals surface area contributed by atoms with Crippen LogP contribution in [0.3, 0.4) is 0 Å². The molecule has 6 heteroatoms. The molecule has 1 aromatic rings. The molecule has 0 aromatic heterocycles. The molecule has 0 aliphatic rings. The lowest BCUT2D eigenvalue weighted by atomic mass is 10.2. The van der Waals surface area contributed by atoms with Crippen molar-refractivity contribution in [3.05, 3.63) is 29.8 Å². The first-order valence-corrected chi connectivity index (χ1v) is 8.05. The number of aliphatic carboxylic acids is 1. The van der Waals surface area contributed by atoms with Gasteiger partial charge in [0.15, 0.2) is 0 Å². The van der Waals surface area contributed by atoms with Gasteiger partial charge in [0.1, 0.15) is 0 Å². The van der Waals surface area contributed by atoms with Crippen molar-refractivity contribution in [1.29, 1.82) is 0 Å². The molecule has 0 saturated heterocycles. The molecule has 0 spiro atoms. The van der Waals surface area contributed by atoms with Crippen molar-refractivity contribution in [3.8, 4) is 0 Å². The van der Waals surface area contributed by atoms with Crippen LogP contribution in [0.1, 0.15) is 32.8 Å². The number of sulfonamides is 1. The molecule has 1 rings (SSSR count). The summed E-state index contributed by atoms with van der Waals surface area (Å²) in [6.45, 7) is 5.45. The van der Waals surface area contributed by atoms with Gasteiger partial charge in [-0.05, 0) is 38.0 Å². The summed E-state index contributed by atoms with van der Waals surface area (Å²) in [6, 6.07) is 6.42. The number of nitrogens with zero attached hydrogens (tertiary/aromatic N) is 1. The number of aryl methyl sites for hydroxylation is 1. The molecule has 0 saturated carbocycles. The molecule has 1 N–H and O–H groups in total. The van der Waals surface area contributed by atoms with E-state index in [0.29, 0.717) is 0 Å². The predicted molar refractivity (Wildman–Crippen MR) is 77.1 cm³/mol. The van der Waals surface area contributed by atoms with Crippen LogP contribution in [0.5, 0.6) is 0 Å². The van der Waals surface area contributed by atoms with Crippen molar-refractivity contribution in [1.82, 2.24) is 4.31 Å². The average Bonchev–Trinajstić information content (AvgIpc) is 2.38. The maximum atomic E-state index is 12.5. The summed E-state index contributed by atoms with van der Waals surface area (Å²) in [5.41, 5.74) is 1.06. The second-order valence-corrected chi connectivity index (χ2v) is 6.74. The Morgan fingerprint density at radius 1 is 1.25 bits per heavy atom. The first kappa shape index (κ1) is 16.7. The van der Waals surface area contributed by atoms with E-state index in [1.807, 2.05) is 6.92 Å². The van der Waals surface area contributed by atoms with Crippen molar-refractivity contribution in [2.75, 3.05) is 6.54 Å². The molecular formula is C14H21NO4S. The van der Waals surface area contributed by atoms with Crippen molar-refractivity contribution >= 4 is 16.0 Å². The van der Waals surface area contributed by atoms with Crippen LogP contribution in [-0.2, 0) is 21.2 Å². The van der Waals surface area contributed by atoms with Gasteiger partial charge in [-0.15, -0.1) is 0 Å². The van der Waals surface area contributed by atoms with Crippen molar-refractivity contribution < 1.29 is 18.3 Å². The fourth-order valence-electron chi connectivity index (χ4n) is 1.89. The Morgan fingerprint density at radius 3 is 2.20 bits per heavy atom. The minimum atomic E-state index is -3.65. The van der Waals surface area contributed by atoms with Gasteiger partial charge in [0.2, 0.25) is 10.0 Å². The van der Waals surface area contributed by atoms with Crippen LogP contribution in [-0.4, -0.2) is 36.4 Å². The minimum absolute atomic E-state index is 0.0230. The Morgan fingerprint density at radius 2 is 1.80 bits per heavy atom. The number of rotatable bonds is 7.